The number of nitro benzene ring substituents is 1. The van der Waals surface area contributed by atoms with Gasteiger partial charge < -0.3 is 23.7 Å². The molecule has 0 spiro atoms. The van der Waals surface area contributed by atoms with Gasteiger partial charge >= 0.3 is 0 Å². The lowest BCUT2D eigenvalue weighted by molar-refractivity contribution is -0.384. The number of non-ortho nitro benzene ring substituents is 1. The topological polar surface area (TPSA) is 106 Å². The van der Waals surface area contributed by atoms with Gasteiger partial charge in [0.25, 0.3) is 5.69 Å². The first-order valence-corrected chi connectivity index (χ1v) is 7.38. The standard InChI is InChI=1S/C17H17NO8/c1-22-10-24-14-7-16(25-11-23-2)15(9-19)17(8-14)26-13-5-3-12(4-6-13)18(20)21/h3-9H,10-11H2,1-2H3. The molecule has 26 heavy (non-hydrogen) atoms. The summed E-state index contributed by atoms with van der Waals surface area (Å²) in [4.78, 5) is 21.7. The van der Waals surface area contributed by atoms with E-state index in [0.717, 1.165) is 0 Å². The van der Waals surface area contributed by atoms with Crippen LogP contribution in [0.3, 0.4) is 0 Å². The van der Waals surface area contributed by atoms with Crippen LogP contribution in [0.2, 0.25) is 0 Å². The predicted molar refractivity (Wildman–Crippen MR) is 90.0 cm³/mol. The molecule has 0 aromatic heterocycles. The fourth-order valence-corrected chi connectivity index (χ4v) is 1.99. The van der Waals surface area contributed by atoms with Crippen molar-refractivity contribution < 1.29 is 33.4 Å². The van der Waals surface area contributed by atoms with Crippen LogP contribution in [-0.4, -0.2) is 39.0 Å². The lowest BCUT2D eigenvalue weighted by Crippen LogP contribution is -2.05. The van der Waals surface area contributed by atoms with Crippen LogP contribution in [0, 0.1) is 10.1 Å². The summed E-state index contributed by atoms with van der Waals surface area (Å²) in [6.07, 6.45) is 0.575. The molecular weight excluding hydrogens is 346 g/mol. The summed E-state index contributed by atoms with van der Waals surface area (Å²) in [7, 11) is 2.91. The Morgan fingerprint density at radius 3 is 2.15 bits per heavy atom. The third-order valence-corrected chi connectivity index (χ3v) is 3.15. The van der Waals surface area contributed by atoms with Crippen LogP contribution in [0.15, 0.2) is 36.4 Å². The average molecular weight is 363 g/mol. The molecule has 0 radical (unpaired) electrons. The van der Waals surface area contributed by atoms with Gasteiger partial charge in [0.15, 0.2) is 19.9 Å². The molecule has 2 aromatic rings. The molecule has 9 nitrogen and oxygen atoms in total. The van der Waals surface area contributed by atoms with Gasteiger partial charge in [0.2, 0.25) is 0 Å². The van der Waals surface area contributed by atoms with E-state index < -0.39 is 4.92 Å². The van der Waals surface area contributed by atoms with E-state index in [9.17, 15) is 14.9 Å². The Kier molecular flexibility index (Phi) is 6.89. The van der Waals surface area contributed by atoms with E-state index in [4.69, 9.17) is 23.7 Å². The van der Waals surface area contributed by atoms with E-state index in [1.165, 1.54) is 50.6 Å². The zero-order chi connectivity index (χ0) is 18.9. The highest BCUT2D eigenvalue weighted by molar-refractivity contribution is 5.84. The summed E-state index contributed by atoms with van der Waals surface area (Å²) in [6.45, 7) is -0.0906. The van der Waals surface area contributed by atoms with Gasteiger partial charge in [-0.25, -0.2) is 0 Å². The van der Waals surface area contributed by atoms with Crippen molar-refractivity contribution in [3.63, 3.8) is 0 Å². The largest absolute Gasteiger partial charge is 0.467 e. The van der Waals surface area contributed by atoms with Crippen LogP contribution >= 0.6 is 0 Å². The Labute approximate surface area is 149 Å². The fourth-order valence-electron chi connectivity index (χ4n) is 1.99. The molecule has 0 amide bonds. The van der Waals surface area contributed by atoms with Gasteiger partial charge in [0.05, 0.1) is 10.5 Å². The van der Waals surface area contributed by atoms with Gasteiger partial charge in [0.1, 0.15) is 23.0 Å². The van der Waals surface area contributed by atoms with Gasteiger partial charge in [-0.15, -0.1) is 0 Å². The summed E-state index contributed by atoms with van der Waals surface area (Å²) in [6, 6.07) is 8.43. The minimum absolute atomic E-state index is 0.0128. The number of nitro groups is 1. The number of benzene rings is 2. The van der Waals surface area contributed by atoms with Gasteiger partial charge in [-0.05, 0) is 12.1 Å². The van der Waals surface area contributed by atoms with E-state index in [1.807, 2.05) is 0 Å². The SMILES string of the molecule is COCOc1cc(OCOC)c(C=O)c(Oc2ccc([N+](=O)[O-])cc2)c1. The molecule has 0 atom stereocenters. The summed E-state index contributed by atoms with van der Waals surface area (Å²) in [5.41, 5.74) is 0.0689. The van der Waals surface area contributed by atoms with Crippen molar-refractivity contribution in [2.75, 3.05) is 27.8 Å². The van der Waals surface area contributed by atoms with Crippen LogP contribution in [0.5, 0.6) is 23.0 Å². The molecule has 0 saturated carbocycles. The molecule has 2 aromatic carbocycles. The molecule has 138 valence electrons. The average Bonchev–Trinajstić information content (AvgIpc) is 2.65. The van der Waals surface area contributed by atoms with Crippen LogP contribution in [0.25, 0.3) is 0 Å². The van der Waals surface area contributed by atoms with Crippen molar-refractivity contribution in [3.8, 4) is 23.0 Å². The third kappa shape index (κ3) is 4.91. The molecule has 0 heterocycles. The minimum Gasteiger partial charge on any atom is -0.467 e. The normalized spacial score (nSPS) is 10.2. The summed E-state index contributed by atoms with van der Waals surface area (Å²) < 4.78 is 26.1. The van der Waals surface area contributed by atoms with Gasteiger partial charge in [-0.1, -0.05) is 0 Å². The number of methoxy groups -OCH3 is 2. The molecule has 2 rings (SSSR count). The van der Waals surface area contributed by atoms with Gasteiger partial charge in [0, 0.05) is 38.5 Å². The van der Waals surface area contributed by atoms with Crippen molar-refractivity contribution in [3.05, 3.63) is 52.1 Å². The summed E-state index contributed by atoms with van der Waals surface area (Å²) >= 11 is 0. The number of rotatable bonds is 10. The van der Waals surface area contributed by atoms with Crippen LogP contribution in [0.1, 0.15) is 10.4 Å². The zero-order valence-corrected chi connectivity index (χ0v) is 14.2. The molecule has 0 N–H and O–H groups in total. The van der Waals surface area contributed by atoms with Crippen molar-refractivity contribution in [2.45, 2.75) is 0 Å². The maximum Gasteiger partial charge on any atom is 0.269 e. The Morgan fingerprint density at radius 1 is 0.962 bits per heavy atom. The van der Waals surface area contributed by atoms with Crippen LogP contribution in [-0.2, 0) is 9.47 Å². The van der Waals surface area contributed by atoms with Crippen molar-refractivity contribution in [1.29, 1.82) is 0 Å². The molecule has 0 bridgehead atoms. The maximum atomic E-state index is 11.5. The molecule has 0 aliphatic heterocycles. The number of carbonyl (C=O) groups excluding carboxylic acids is 1. The summed E-state index contributed by atoms with van der Waals surface area (Å²) in [5, 5.41) is 10.7. The highest BCUT2D eigenvalue weighted by Gasteiger charge is 2.16. The van der Waals surface area contributed by atoms with Crippen molar-refractivity contribution in [2.24, 2.45) is 0 Å². The van der Waals surface area contributed by atoms with Crippen molar-refractivity contribution >= 4 is 12.0 Å². The number of hydrogen-bond donors (Lipinski definition) is 0. The smallest absolute Gasteiger partial charge is 0.269 e. The second-order valence-electron chi connectivity index (χ2n) is 4.91. The zero-order valence-electron chi connectivity index (χ0n) is 14.2. The first kappa shape index (κ1) is 19.2. The molecule has 0 aliphatic carbocycles. The Hall–Kier alpha value is -3.17. The van der Waals surface area contributed by atoms with Crippen molar-refractivity contribution in [1.82, 2.24) is 0 Å². The van der Waals surface area contributed by atoms with E-state index in [1.54, 1.807) is 0 Å². The first-order valence-electron chi connectivity index (χ1n) is 7.38. The highest BCUT2D eigenvalue weighted by Crippen LogP contribution is 2.36. The molecule has 0 unspecified atom stereocenters. The summed E-state index contributed by atoms with van der Waals surface area (Å²) in [5.74, 6) is 1.02. The third-order valence-electron chi connectivity index (χ3n) is 3.15. The number of hydrogen-bond acceptors (Lipinski definition) is 8. The molecule has 0 aliphatic rings. The molecule has 0 saturated heterocycles. The second kappa shape index (κ2) is 9.35. The fraction of sp³-hybridized carbons (Fsp3) is 0.235. The molecular formula is C17H17NO8. The molecule has 0 fully saturated rings. The van der Waals surface area contributed by atoms with E-state index in [0.29, 0.717) is 17.8 Å². The number of carbonyl (C=O) groups is 1. The number of nitrogens with zero attached hydrogens (tertiary/aromatic N) is 1. The van der Waals surface area contributed by atoms with Gasteiger partial charge in [-0.2, -0.15) is 0 Å². The van der Waals surface area contributed by atoms with Gasteiger partial charge in [-0.3, -0.25) is 14.9 Å². The minimum atomic E-state index is -0.517. The first-order chi connectivity index (χ1) is 12.6. The quantitative estimate of drug-likeness (QED) is 0.274. The van der Waals surface area contributed by atoms with E-state index >= 15 is 0 Å². The predicted octanol–water partition coefficient (Wildman–Crippen LogP) is 3.17. The monoisotopic (exact) mass is 363 g/mol. The Bertz CT molecular complexity index is 760. The van der Waals surface area contributed by atoms with E-state index in [2.05, 4.69) is 0 Å². The molecule has 9 heteroatoms. The Balaban J connectivity index is 2.36. The highest BCUT2D eigenvalue weighted by atomic mass is 16.7. The maximum absolute atomic E-state index is 11.5. The Morgan fingerprint density at radius 2 is 1.58 bits per heavy atom. The number of ether oxygens (including phenoxy) is 5. The van der Waals surface area contributed by atoms with E-state index in [-0.39, 0.29) is 36.3 Å². The second-order valence-corrected chi connectivity index (χ2v) is 4.91. The lowest BCUT2D eigenvalue weighted by atomic mass is 10.2. The van der Waals surface area contributed by atoms with Crippen LogP contribution in [0.4, 0.5) is 5.69 Å². The van der Waals surface area contributed by atoms with Crippen LogP contribution < -0.4 is 14.2 Å². The lowest BCUT2D eigenvalue weighted by Gasteiger charge is -2.15. The number of aldehydes is 1.